The third-order valence-electron chi connectivity index (χ3n) is 8.49. The molecule has 37 heavy (non-hydrogen) atoms. The van der Waals surface area contributed by atoms with Gasteiger partial charge in [0.15, 0.2) is 8.07 Å². The van der Waals surface area contributed by atoms with Crippen LogP contribution >= 0.6 is 0 Å². The summed E-state index contributed by atoms with van der Waals surface area (Å²) in [6.07, 6.45) is 0. The molecule has 0 heterocycles. The third kappa shape index (κ3) is 4.52. The van der Waals surface area contributed by atoms with E-state index in [0.717, 1.165) is 0 Å². The zero-order chi connectivity index (χ0) is 27.1. The van der Waals surface area contributed by atoms with E-state index in [1.807, 2.05) is 0 Å². The van der Waals surface area contributed by atoms with Gasteiger partial charge in [-0.3, -0.25) is 0 Å². The lowest BCUT2D eigenvalue weighted by molar-refractivity contribution is 0.851. The molecule has 0 N–H and O–H groups in total. The highest BCUT2D eigenvalue weighted by atomic mass is 28.3. The maximum absolute atomic E-state index is 2.59. The topological polar surface area (TPSA) is 9.72 Å². The number of hydrogen-bond acceptors (Lipinski definition) is 3. The molecule has 1 unspecified atom stereocenters. The molecule has 0 saturated heterocycles. The van der Waals surface area contributed by atoms with Crippen molar-refractivity contribution in [2.24, 2.45) is 5.92 Å². The molecule has 4 rings (SSSR count). The average Bonchev–Trinajstić information content (AvgIpc) is 3.08. The first-order valence-corrected chi connectivity index (χ1v) is 15.2. The highest BCUT2D eigenvalue weighted by Gasteiger charge is 2.48. The van der Waals surface area contributed by atoms with Crippen molar-refractivity contribution in [1.29, 1.82) is 0 Å². The van der Waals surface area contributed by atoms with E-state index in [0.29, 0.717) is 5.92 Å². The van der Waals surface area contributed by atoms with E-state index >= 15 is 0 Å². The van der Waals surface area contributed by atoms with E-state index in [9.17, 15) is 0 Å². The minimum Gasteiger partial charge on any atom is -0.378 e. The summed E-state index contributed by atoms with van der Waals surface area (Å²) in [6, 6.07) is 28.2. The Hall–Kier alpha value is -3.24. The fourth-order valence-electron chi connectivity index (χ4n) is 5.97. The molecule has 1 atom stereocenters. The summed E-state index contributed by atoms with van der Waals surface area (Å²) in [7, 11) is 10.1. The first-order valence-electron chi connectivity index (χ1n) is 13.2. The SMILES string of the molecule is CC1=C(C)C(C)C([Si](c2ccc(N(C)C)cc2)(c2ccc(N(C)C)cc2)c2ccc(N(C)C)cc2)=C1C. The van der Waals surface area contributed by atoms with E-state index in [4.69, 9.17) is 0 Å². The van der Waals surface area contributed by atoms with Gasteiger partial charge in [-0.1, -0.05) is 59.7 Å². The van der Waals surface area contributed by atoms with Gasteiger partial charge in [-0.15, -0.1) is 0 Å². The first-order chi connectivity index (χ1) is 17.5. The minimum absolute atomic E-state index is 0.405. The molecule has 194 valence electrons. The van der Waals surface area contributed by atoms with E-state index in [1.165, 1.54) is 49.3 Å². The highest BCUT2D eigenvalue weighted by Crippen LogP contribution is 2.41. The van der Waals surface area contributed by atoms with Crippen molar-refractivity contribution in [3.8, 4) is 0 Å². The van der Waals surface area contributed by atoms with Gasteiger partial charge >= 0.3 is 0 Å². The lowest BCUT2D eigenvalue weighted by Gasteiger charge is -2.39. The number of anilines is 3. The molecular formula is C33H43N3Si. The second-order valence-corrected chi connectivity index (χ2v) is 14.9. The Labute approximate surface area is 225 Å². The largest absolute Gasteiger partial charge is 0.378 e. The van der Waals surface area contributed by atoms with Gasteiger partial charge in [0.05, 0.1) is 0 Å². The number of nitrogens with zero attached hydrogens (tertiary/aromatic N) is 3. The molecule has 4 heteroatoms. The zero-order valence-electron chi connectivity index (χ0n) is 24.3. The van der Waals surface area contributed by atoms with E-state index in [-0.39, 0.29) is 0 Å². The fraction of sp³-hybridized carbons (Fsp3) is 0.333. The Bertz CT molecular complexity index is 1190. The molecule has 0 spiro atoms. The van der Waals surface area contributed by atoms with Gasteiger partial charge in [-0.2, -0.15) is 0 Å². The van der Waals surface area contributed by atoms with Crippen LogP contribution in [0.1, 0.15) is 27.7 Å². The van der Waals surface area contributed by atoms with Crippen molar-refractivity contribution in [1.82, 2.24) is 0 Å². The van der Waals surface area contributed by atoms with Crippen LogP contribution in [0, 0.1) is 5.92 Å². The van der Waals surface area contributed by atoms with Crippen molar-refractivity contribution in [2.45, 2.75) is 27.7 Å². The molecule has 3 aromatic rings. The summed E-state index contributed by atoms with van der Waals surface area (Å²) in [5, 5.41) is 5.95. The minimum atomic E-state index is -2.59. The van der Waals surface area contributed by atoms with E-state index in [1.54, 1.807) is 5.20 Å². The van der Waals surface area contributed by atoms with Crippen LogP contribution < -0.4 is 30.3 Å². The Morgan fingerprint density at radius 1 is 0.486 bits per heavy atom. The molecular weight excluding hydrogens is 466 g/mol. The first kappa shape index (κ1) is 26.8. The van der Waals surface area contributed by atoms with Gasteiger partial charge < -0.3 is 14.7 Å². The van der Waals surface area contributed by atoms with Gasteiger partial charge in [0, 0.05) is 59.3 Å². The fourth-order valence-corrected chi connectivity index (χ4v) is 11.5. The van der Waals surface area contributed by atoms with Crippen molar-refractivity contribution in [3.05, 3.63) is 94.7 Å². The average molecular weight is 510 g/mol. The van der Waals surface area contributed by atoms with Crippen LogP contribution in [-0.4, -0.2) is 50.4 Å². The van der Waals surface area contributed by atoms with Crippen molar-refractivity contribution >= 4 is 40.7 Å². The predicted octanol–water partition coefficient (Wildman–Crippen LogP) is 5.20. The van der Waals surface area contributed by atoms with Crippen LogP contribution in [0.15, 0.2) is 94.7 Å². The molecule has 0 aromatic heterocycles. The van der Waals surface area contributed by atoms with Crippen LogP contribution in [-0.2, 0) is 0 Å². The second kappa shape index (κ2) is 10.3. The third-order valence-corrected chi connectivity index (χ3v) is 13.7. The van der Waals surface area contributed by atoms with Crippen molar-refractivity contribution in [3.63, 3.8) is 0 Å². The smallest absolute Gasteiger partial charge is 0.176 e. The molecule has 3 nitrogen and oxygen atoms in total. The summed E-state index contributed by atoms with van der Waals surface area (Å²) in [5.41, 5.74) is 8.12. The lowest BCUT2D eigenvalue weighted by Crippen LogP contribution is -2.69. The summed E-state index contributed by atoms with van der Waals surface area (Å²) in [4.78, 5) is 6.55. The lowest BCUT2D eigenvalue weighted by atomic mass is 10.1. The predicted molar refractivity (Wildman–Crippen MR) is 167 cm³/mol. The molecule has 0 bridgehead atoms. The number of rotatable bonds is 7. The van der Waals surface area contributed by atoms with Gasteiger partial charge in [-0.05, 0) is 84.2 Å². The van der Waals surface area contributed by atoms with Crippen LogP contribution in [0.5, 0.6) is 0 Å². The Morgan fingerprint density at radius 3 is 1.00 bits per heavy atom. The van der Waals surface area contributed by atoms with Gasteiger partial charge in [0.2, 0.25) is 0 Å². The molecule has 0 radical (unpaired) electrons. The monoisotopic (exact) mass is 509 g/mol. The number of benzene rings is 3. The molecule has 3 aromatic carbocycles. The Balaban J connectivity index is 2.11. The van der Waals surface area contributed by atoms with Crippen molar-refractivity contribution < 1.29 is 0 Å². The molecule has 0 aliphatic heterocycles. The zero-order valence-corrected chi connectivity index (χ0v) is 25.3. The molecule has 1 aliphatic carbocycles. The number of hydrogen-bond donors (Lipinski definition) is 0. The van der Waals surface area contributed by atoms with Crippen LogP contribution in [0.2, 0.25) is 0 Å². The summed E-state index contributed by atoms with van der Waals surface area (Å²) in [5.74, 6) is 0.405. The second-order valence-electron chi connectivity index (χ2n) is 11.1. The van der Waals surface area contributed by atoms with Gasteiger partial charge in [0.25, 0.3) is 0 Å². The highest BCUT2D eigenvalue weighted by molar-refractivity contribution is 7.16. The van der Waals surface area contributed by atoms with Crippen LogP contribution in [0.4, 0.5) is 17.1 Å². The van der Waals surface area contributed by atoms with E-state index < -0.39 is 8.07 Å². The quantitative estimate of drug-likeness (QED) is 0.320. The van der Waals surface area contributed by atoms with Gasteiger partial charge in [0.1, 0.15) is 0 Å². The van der Waals surface area contributed by atoms with Crippen LogP contribution in [0.25, 0.3) is 0 Å². The summed E-state index contributed by atoms with van der Waals surface area (Å²) in [6.45, 7) is 9.42. The molecule has 0 fully saturated rings. The number of allylic oxidation sites excluding steroid dienone is 4. The normalized spacial score (nSPS) is 15.9. The molecule has 1 aliphatic rings. The maximum atomic E-state index is 2.42. The standard InChI is InChI=1S/C33H43N3Si/c1-23-24(2)26(4)33(25(23)3)37(30-17-11-27(12-18-30)34(5)6,31-19-13-28(14-20-31)35(7)8)32-21-15-29(16-22-32)36(9)10/h11-22,25H,1-10H3. The van der Waals surface area contributed by atoms with E-state index in [2.05, 4.69) is 157 Å². The molecule has 0 saturated carbocycles. The van der Waals surface area contributed by atoms with Crippen molar-refractivity contribution in [2.75, 3.05) is 57.0 Å². The Kier molecular flexibility index (Phi) is 7.43. The maximum Gasteiger partial charge on any atom is 0.176 e. The Morgan fingerprint density at radius 2 is 0.784 bits per heavy atom. The van der Waals surface area contributed by atoms with Gasteiger partial charge in [-0.25, -0.2) is 0 Å². The molecule has 0 amide bonds. The van der Waals surface area contributed by atoms with Crippen LogP contribution in [0.3, 0.4) is 0 Å². The summed E-state index contributed by atoms with van der Waals surface area (Å²) >= 11 is 0. The summed E-state index contributed by atoms with van der Waals surface area (Å²) < 4.78 is 0.